The first-order chi connectivity index (χ1) is 11.3. The van der Waals surface area contributed by atoms with Crippen molar-refractivity contribution in [2.24, 2.45) is 0 Å². The molecule has 3 rings (SSSR count). The monoisotopic (exact) mass is 388 g/mol. The van der Waals surface area contributed by atoms with Crippen molar-refractivity contribution < 1.29 is 75.6 Å². The maximum atomic E-state index is 12.2. The van der Waals surface area contributed by atoms with Gasteiger partial charge in [-0.1, -0.05) is 18.2 Å². The van der Waals surface area contributed by atoms with Gasteiger partial charge in [-0.2, -0.15) is 0 Å². The first-order valence-corrected chi connectivity index (χ1v) is 8.37. The van der Waals surface area contributed by atoms with Crippen LogP contribution in [0, 0.1) is 0 Å². The van der Waals surface area contributed by atoms with Crippen molar-refractivity contribution in [1.82, 2.24) is 10.2 Å². The molecule has 25 heavy (non-hydrogen) atoms. The zero-order valence-electron chi connectivity index (χ0n) is 14.2. The molecule has 2 aliphatic rings. The predicted octanol–water partition coefficient (Wildman–Crippen LogP) is -3.63. The van der Waals surface area contributed by atoms with Crippen molar-refractivity contribution in [3.63, 3.8) is 0 Å². The van der Waals surface area contributed by atoms with Crippen LogP contribution in [-0.2, 0) is 14.4 Å². The van der Waals surface area contributed by atoms with Crippen molar-refractivity contribution in [2.45, 2.75) is 36.1 Å². The Morgan fingerprint density at radius 1 is 1.32 bits per heavy atom. The van der Waals surface area contributed by atoms with Crippen molar-refractivity contribution in [3.8, 4) is 5.75 Å². The van der Waals surface area contributed by atoms with Gasteiger partial charge in [0, 0.05) is 4.75 Å². The van der Waals surface area contributed by atoms with Crippen molar-refractivity contribution >= 4 is 29.5 Å². The average molecular weight is 388 g/mol. The van der Waals surface area contributed by atoms with E-state index < -0.39 is 40.0 Å². The maximum Gasteiger partial charge on any atom is 1.00 e. The molecule has 128 valence electrons. The Kier molecular flexibility index (Phi) is 6.61. The van der Waals surface area contributed by atoms with Gasteiger partial charge in [-0.25, -0.2) is 0 Å². The van der Waals surface area contributed by atoms with E-state index in [0.29, 0.717) is 5.75 Å². The number of nitrogens with one attached hydrogen (secondary N) is 1. The molecule has 0 aliphatic carbocycles. The minimum atomic E-state index is -1.28. The van der Waals surface area contributed by atoms with Crippen LogP contribution in [-0.4, -0.2) is 51.5 Å². The number of ether oxygens (including phenoxy) is 1. The third-order valence-corrected chi connectivity index (χ3v) is 5.67. The zero-order chi connectivity index (χ0) is 17.5. The summed E-state index contributed by atoms with van der Waals surface area (Å²) in [6.07, 6.45) is 0. The van der Waals surface area contributed by atoms with Gasteiger partial charge >= 0.3 is 51.4 Å². The average Bonchev–Trinajstić information content (AvgIpc) is 2.80. The number of benzene rings is 1. The van der Waals surface area contributed by atoms with Crippen molar-refractivity contribution in [2.75, 3.05) is 6.61 Å². The molecular weight excluding hydrogens is 371 g/mol. The SMILES string of the molecule is CC1(C)S[C@H]2[C@@H](NC(=O)COc3ccccc3)C(=O)N2[C@H]1C(=O)[O-].[K+]. The minimum Gasteiger partial charge on any atom is -0.548 e. The van der Waals surface area contributed by atoms with Crippen LogP contribution >= 0.6 is 11.8 Å². The molecule has 0 spiro atoms. The fraction of sp³-hybridized carbons (Fsp3) is 0.438. The third kappa shape index (κ3) is 4.06. The van der Waals surface area contributed by atoms with Crippen LogP contribution in [0.5, 0.6) is 5.75 Å². The summed E-state index contributed by atoms with van der Waals surface area (Å²) in [5, 5.41) is 13.5. The number of carbonyl (C=O) groups excluding carboxylic acids is 3. The molecule has 2 aliphatic heterocycles. The number of β-lactam (4-membered cyclic amide) rings is 1. The molecule has 2 amide bonds. The van der Waals surface area contributed by atoms with Crippen LogP contribution in [0.15, 0.2) is 30.3 Å². The number of carbonyl (C=O) groups is 3. The standard InChI is InChI=1S/C16H18N2O5S.K/c1-16(2)12(15(21)22)18-13(20)11(14(18)24-16)17-10(19)8-23-9-6-4-3-5-7-9;/h3-7,11-12,14H,8H2,1-2H3,(H,17,19)(H,21,22);/q;+1/p-1/t11-,12-,14-;/m0./s1. The van der Waals surface area contributed by atoms with Gasteiger partial charge in [0.1, 0.15) is 17.2 Å². The summed E-state index contributed by atoms with van der Waals surface area (Å²) in [7, 11) is 0. The normalized spacial score (nSPS) is 26.1. The first kappa shape index (κ1) is 20.7. The van der Waals surface area contributed by atoms with E-state index in [4.69, 9.17) is 4.74 Å². The molecule has 0 bridgehead atoms. The molecule has 0 saturated carbocycles. The Hall–Kier alpha value is -0.584. The molecule has 3 atom stereocenters. The van der Waals surface area contributed by atoms with E-state index in [1.165, 1.54) is 16.7 Å². The van der Waals surface area contributed by atoms with Gasteiger partial charge in [-0.05, 0) is 26.0 Å². The van der Waals surface area contributed by atoms with E-state index in [9.17, 15) is 19.5 Å². The summed E-state index contributed by atoms with van der Waals surface area (Å²) in [4.78, 5) is 36.8. The molecular formula is C16H17KN2O5S. The quantitative estimate of drug-likeness (QED) is 0.413. The predicted molar refractivity (Wildman–Crippen MR) is 85.0 cm³/mol. The second-order valence-electron chi connectivity index (χ2n) is 6.23. The van der Waals surface area contributed by atoms with E-state index in [0.717, 1.165) is 0 Å². The number of nitrogens with zero attached hydrogens (tertiary/aromatic N) is 1. The smallest absolute Gasteiger partial charge is 0.548 e. The summed E-state index contributed by atoms with van der Waals surface area (Å²) >= 11 is 1.35. The molecule has 1 aromatic rings. The Morgan fingerprint density at radius 3 is 2.56 bits per heavy atom. The zero-order valence-corrected chi connectivity index (χ0v) is 18.2. The number of aliphatic carboxylic acids is 1. The Bertz CT molecular complexity index is 684. The summed E-state index contributed by atoms with van der Waals surface area (Å²) in [5.41, 5.74) is 0. The molecule has 7 nitrogen and oxygen atoms in total. The molecule has 2 fully saturated rings. The van der Waals surface area contributed by atoms with E-state index >= 15 is 0 Å². The largest absolute Gasteiger partial charge is 1.00 e. The molecule has 0 aromatic heterocycles. The summed E-state index contributed by atoms with van der Waals surface area (Å²) in [5.74, 6) is -1.55. The van der Waals surface area contributed by atoms with E-state index in [1.54, 1.807) is 38.1 Å². The molecule has 2 heterocycles. The number of fused-ring (bicyclic) bond motifs is 1. The van der Waals surface area contributed by atoms with Gasteiger partial charge in [0.15, 0.2) is 6.61 Å². The van der Waals surface area contributed by atoms with Crippen LogP contribution < -0.4 is 66.5 Å². The fourth-order valence-corrected chi connectivity index (χ4v) is 4.63. The molecule has 9 heteroatoms. The number of carboxylic acids is 1. The van der Waals surface area contributed by atoms with E-state index in [2.05, 4.69) is 5.32 Å². The maximum absolute atomic E-state index is 12.2. The topological polar surface area (TPSA) is 98.8 Å². The number of thioether (sulfide) groups is 1. The minimum absolute atomic E-state index is 0. The van der Waals surface area contributed by atoms with Crippen LogP contribution in [0.4, 0.5) is 0 Å². The third-order valence-electron chi connectivity index (χ3n) is 4.09. The fourth-order valence-electron chi connectivity index (χ4n) is 3.01. The summed E-state index contributed by atoms with van der Waals surface area (Å²) in [6.45, 7) is 3.29. The second-order valence-corrected chi connectivity index (χ2v) is 8.00. The molecule has 1 N–H and O–H groups in total. The van der Waals surface area contributed by atoms with Crippen molar-refractivity contribution in [1.29, 1.82) is 0 Å². The number of rotatable bonds is 5. The Balaban J connectivity index is 0.00000225. The van der Waals surface area contributed by atoms with Crippen molar-refractivity contribution in [3.05, 3.63) is 30.3 Å². The molecule has 1 aromatic carbocycles. The number of hydrogen-bond donors (Lipinski definition) is 1. The van der Waals surface area contributed by atoms with E-state index in [1.807, 2.05) is 6.07 Å². The number of para-hydroxylation sites is 1. The van der Waals surface area contributed by atoms with Crippen LogP contribution in [0.2, 0.25) is 0 Å². The van der Waals surface area contributed by atoms with Crippen LogP contribution in [0.25, 0.3) is 0 Å². The molecule has 0 unspecified atom stereocenters. The Labute approximate surface area is 192 Å². The second kappa shape index (κ2) is 7.97. The van der Waals surface area contributed by atoms with Gasteiger partial charge in [0.2, 0.25) is 5.91 Å². The molecule has 0 radical (unpaired) electrons. The number of carboxylic acid groups (broad SMARTS) is 1. The number of amides is 2. The van der Waals surface area contributed by atoms with E-state index in [-0.39, 0.29) is 58.0 Å². The first-order valence-electron chi connectivity index (χ1n) is 7.49. The van der Waals surface area contributed by atoms with Gasteiger partial charge in [0.05, 0.1) is 12.0 Å². The number of hydrogen-bond acceptors (Lipinski definition) is 6. The van der Waals surface area contributed by atoms with Gasteiger partial charge in [-0.3, -0.25) is 9.59 Å². The Morgan fingerprint density at radius 2 is 1.96 bits per heavy atom. The molecule has 2 saturated heterocycles. The van der Waals surface area contributed by atoms with Crippen LogP contribution in [0.1, 0.15) is 13.8 Å². The van der Waals surface area contributed by atoms with Gasteiger partial charge < -0.3 is 24.9 Å². The van der Waals surface area contributed by atoms with Crippen LogP contribution in [0.3, 0.4) is 0 Å². The van der Waals surface area contributed by atoms with Gasteiger partial charge in [0.25, 0.3) is 5.91 Å². The van der Waals surface area contributed by atoms with Gasteiger partial charge in [-0.15, -0.1) is 11.8 Å². The summed E-state index contributed by atoms with van der Waals surface area (Å²) < 4.78 is 4.67. The summed E-state index contributed by atoms with van der Waals surface area (Å²) in [6, 6.07) is 7.14.